The normalized spacial score (nSPS) is 10.3. The smallest absolute Gasteiger partial charge is 0.327 e. The molecule has 1 N–H and O–H groups in total. The van der Waals surface area contributed by atoms with E-state index in [-0.39, 0.29) is 12.6 Å². The summed E-state index contributed by atoms with van der Waals surface area (Å²) in [4.78, 5) is 14.2. The van der Waals surface area contributed by atoms with Gasteiger partial charge in [-0.15, -0.1) is 0 Å². The predicted octanol–water partition coefficient (Wildman–Crippen LogP) is 3.43. The van der Waals surface area contributed by atoms with E-state index in [1.807, 2.05) is 25.1 Å². The molecule has 3 aromatic rings. The maximum Gasteiger partial charge on any atom is 0.327 e. The van der Waals surface area contributed by atoms with Crippen LogP contribution in [-0.4, -0.2) is 15.8 Å². The standard InChI is InChI=1S/C18H17N5O2/c1-13-3-8-16(25-13)12-23(17-9-10-22(2)21-17)18(24)20-15-6-4-14(11-19)5-7-15/h3-10H,12H2,1-2H3,(H,20,24). The largest absolute Gasteiger partial charge is 0.464 e. The van der Waals surface area contributed by atoms with Crippen molar-refractivity contribution in [1.29, 1.82) is 5.26 Å². The van der Waals surface area contributed by atoms with Gasteiger partial charge in [-0.05, 0) is 43.3 Å². The minimum Gasteiger partial charge on any atom is -0.464 e. The molecule has 7 nitrogen and oxygen atoms in total. The predicted molar refractivity (Wildman–Crippen MR) is 93.0 cm³/mol. The summed E-state index contributed by atoms with van der Waals surface area (Å²) >= 11 is 0. The van der Waals surface area contributed by atoms with Crippen molar-refractivity contribution in [3.63, 3.8) is 0 Å². The third-order valence-electron chi connectivity index (χ3n) is 3.60. The molecule has 0 bridgehead atoms. The number of carbonyl (C=O) groups excluding carboxylic acids is 1. The van der Waals surface area contributed by atoms with Crippen molar-refractivity contribution < 1.29 is 9.21 Å². The lowest BCUT2D eigenvalue weighted by atomic mass is 10.2. The highest BCUT2D eigenvalue weighted by Gasteiger charge is 2.20. The second-order valence-corrected chi connectivity index (χ2v) is 5.57. The van der Waals surface area contributed by atoms with Crippen molar-refractivity contribution in [3.05, 3.63) is 65.7 Å². The van der Waals surface area contributed by atoms with Gasteiger partial charge < -0.3 is 9.73 Å². The van der Waals surface area contributed by atoms with E-state index in [4.69, 9.17) is 9.68 Å². The Hall–Kier alpha value is -3.53. The van der Waals surface area contributed by atoms with Crippen LogP contribution in [0, 0.1) is 18.3 Å². The van der Waals surface area contributed by atoms with Crippen LogP contribution in [-0.2, 0) is 13.6 Å². The SMILES string of the molecule is Cc1ccc(CN(C(=O)Nc2ccc(C#N)cc2)c2ccn(C)n2)o1. The molecule has 0 atom stereocenters. The Morgan fingerprint density at radius 1 is 1.28 bits per heavy atom. The van der Waals surface area contributed by atoms with Gasteiger partial charge in [-0.2, -0.15) is 10.4 Å². The maximum absolute atomic E-state index is 12.7. The molecule has 0 spiro atoms. The molecule has 1 aromatic carbocycles. The fourth-order valence-corrected chi connectivity index (χ4v) is 2.35. The van der Waals surface area contributed by atoms with Crippen LogP contribution in [0.1, 0.15) is 17.1 Å². The summed E-state index contributed by atoms with van der Waals surface area (Å²) in [6, 6.07) is 13.8. The molecule has 2 aromatic heterocycles. The second kappa shape index (κ2) is 6.93. The van der Waals surface area contributed by atoms with E-state index < -0.39 is 0 Å². The number of nitrogens with zero attached hydrogens (tertiary/aromatic N) is 4. The Morgan fingerprint density at radius 2 is 2.04 bits per heavy atom. The van der Waals surface area contributed by atoms with Crippen LogP contribution in [0.3, 0.4) is 0 Å². The minimum atomic E-state index is -0.336. The summed E-state index contributed by atoms with van der Waals surface area (Å²) in [7, 11) is 1.79. The van der Waals surface area contributed by atoms with Crippen molar-refractivity contribution in [2.24, 2.45) is 7.05 Å². The third-order valence-corrected chi connectivity index (χ3v) is 3.60. The number of rotatable bonds is 4. The number of benzene rings is 1. The maximum atomic E-state index is 12.7. The number of urea groups is 1. The second-order valence-electron chi connectivity index (χ2n) is 5.57. The molecule has 7 heteroatoms. The molecule has 0 saturated heterocycles. The fraction of sp³-hybridized carbons (Fsp3) is 0.167. The van der Waals surface area contributed by atoms with Crippen molar-refractivity contribution in [1.82, 2.24) is 9.78 Å². The van der Waals surface area contributed by atoms with Crippen LogP contribution in [0.4, 0.5) is 16.3 Å². The zero-order valence-corrected chi connectivity index (χ0v) is 13.9. The van der Waals surface area contributed by atoms with Gasteiger partial charge in [-0.3, -0.25) is 9.58 Å². The number of hydrogen-bond donors (Lipinski definition) is 1. The van der Waals surface area contributed by atoms with Gasteiger partial charge in [0.25, 0.3) is 0 Å². The lowest BCUT2D eigenvalue weighted by molar-refractivity contribution is 0.256. The van der Waals surface area contributed by atoms with Crippen LogP contribution in [0.25, 0.3) is 0 Å². The minimum absolute atomic E-state index is 0.257. The molecule has 0 aliphatic carbocycles. The van der Waals surface area contributed by atoms with Crippen LogP contribution >= 0.6 is 0 Å². The number of amides is 2. The third kappa shape index (κ3) is 3.87. The Balaban J connectivity index is 1.82. The Morgan fingerprint density at radius 3 is 2.60 bits per heavy atom. The Labute approximate surface area is 145 Å². The number of aromatic nitrogens is 2. The number of carbonyl (C=O) groups is 1. The van der Waals surface area contributed by atoms with Gasteiger partial charge >= 0.3 is 6.03 Å². The first-order valence-corrected chi connectivity index (χ1v) is 7.69. The summed E-state index contributed by atoms with van der Waals surface area (Å²) in [6.45, 7) is 2.11. The zero-order valence-electron chi connectivity index (χ0n) is 13.9. The molecule has 0 aliphatic heterocycles. The van der Waals surface area contributed by atoms with E-state index in [0.29, 0.717) is 22.8 Å². The van der Waals surface area contributed by atoms with Crippen LogP contribution < -0.4 is 10.2 Å². The first-order chi connectivity index (χ1) is 12.0. The molecule has 3 rings (SSSR count). The molecule has 0 aliphatic rings. The molecule has 0 radical (unpaired) electrons. The summed E-state index contributed by atoms with van der Waals surface area (Å²) < 4.78 is 7.21. The first-order valence-electron chi connectivity index (χ1n) is 7.69. The van der Waals surface area contributed by atoms with Gasteiger partial charge in [0.15, 0.2) is 5.82 Å². The molecule has 2 heterocycles. The van der Waals surface area contributed by atoms with Crippen molar-refractivity contribution in [2.45, 2.75) is 13.5 Å². The average molecular weight is 335 g/mol. The Bertz CT molecular complexity index is 918. The summed E-state index contributed by atoms with van der Waals surface area (Å²) in [5, 5.41) is 16.0. The monoisotopic (exact) mass is 335 g/mol. The van der Waals surface area contributed by atoms with Gasteiger partial charge in [0, 0.05) is 25.0 Å². The van der Waals surface area contributed by atoms with Crippen LogP contribution in [0.5, 0.6) is 0 Å². The molecule has 2 amide bonds. The molecule has 0 unspecified atom stereocenters. The highest BCUT2D eigenvalue weighted by molar-refractivity contribution is 6.00. The molecule has 0 fully saturated rings. The highest BCUT2D eigenvalue weighted by atomic mass is 16.3. The number of nitrogens with one attached hydrogen (secondary N) is 1. The first kappa shape index (κ1) is 16.3. The van der Waals surface area contributed by atoms with E-state index in [1.54, 1.807) is 48.3 Å². The van der Waals surface area contributed by atoms with Gasteiger partial charge in [0.1, 0.15) is 11.5 Å². The van der Waals surface area contributed by atoms with E-state index in [0.717, 1.165) is 5.76 Å². The molecular weight excluding hydrogens is 318 g/mol. The van der Waals surface area contributed by atoms with Gasteiger partial charge in [-0.1, -0.05) is 0 Å². The number of nitriles is 1. The van der Waals surface area contributed by atoms with Gasteiger partial charge in [-0.25, -0.2) is 4.79 Å². The lowest BCUT2D eigenvalue weighted by Gasteiger charge is -2.20. The van der Waals surface area contributed by atoms with Crippen molar-refractivity contribution in [2.75, 3.05) is 10.2 Å². The van der Waals surface area contributed by atoms with E-state index in [9.17, 15) is 4.79 Å². The van der Waals surface area contributed by atoms with Crippen molar-refractivity contribution in [3.8, 4) is 6.07 Å². The molecule has 0 saturated carbocycles. The van der Waals surface area contributed by atoms with E-state index in [1.165, 1.54) is 4.90 Å². The van der Waals surface area contributed by atoms with E-state index >= 15 is 0 Å². The quantitative estimate of drug-likeness (QED) is 0.791. The summed E-state index contributed by atoms with van der Waals surface area (Å²) in [5.41, 5.74) is 1.13. The fourth-order valence-electron chi connectivity index (χ4n) is 2.35. The van der Waals surface area contributed by atoms with Gasteiger partial charge in [0.05, 0.1) is 18.2 Å². The average Bonchev–Trinajstić information content (AvgIpc) is 3.21. The van der Waals surface area contributed by atoms with Crippen LogP contribution in [0.15, 0.2) is 53.1 Å². The topological polar surface area (TPSA) is 87.1 Å². The number of furan rings is 1. The summed E-state index contributed by atoms with van der Waals surface area (Å²) in [6.07, 6.45) is 1.77. The number of hydrogen-bond acceptors (Lipinski definition) is 4. The number of aryl methyl sites for hydroxylation is 2. The molecular formula is C18H17N5O2. The van der Waals surface area contributed by atoms with E-state index in [2.05, 4.69) is 10.4 Å². The number of anilines is 2. The zero-order chi connectivity index (χ0) is 17.8. The summed E-state index contributed by atoms with van der Waals surface area (Å²) in [5.74, 6) is 1.96. The Kier molecular flexibility index (Phi) is 4.53. The van der Waals surface area contributed by atoms with Gasteiger partial charge in [0.2, 0.25) is 0 Å². The van der Waals surface area contributed by atoms with Crippen molar-refractivity contribution >= 4 is 17.5 Å². The highest BCUT2D eigenvalue weighted by Crippen LogP contribution is 2.18. The molecule has 25 heavy (non-hydrogen) atoms. The van der Waals surface area contributed by atoms with Crippen LogP contribution in [0.2, 0.25) is 0 Å². The molecule has 126 valence electrons. The lowest BCUT2D eigenvalue weighted by Crippen LogP contribution is -2.34.